The Balaban J connectivity index is 1.57. The maximum absolute atomic E-state index is 12.5. The lowest BCUT2D eigenvalue weighted by Gasteiger charge is -2.26. The molecular weight excluding hydrogens is 358 g/mol. The lowest BCUT2D eigenvalue weighted by atomic mass is 9.97. The molecular formula is C21H21N3O4. The van der Waals surface area contributed by atoms with Crippen molar-refractivity contribution in [3.63, 3.8) is 0 Å². The number of rotatable bonds is 4. The summed E-state index contributed by atoms with van der Waals surface area (Å²) in [6.45, 7) is 2.76. The highest BCUT2D eigenvalue weighted by Gasteiger charge is 2.28. The van der Waals surface area contributed by atoms with Crippen molar-refractivity contribution in [2.75, 3.05) is 19.7 Å². The molecule has 0 atom stereocenters. The topological polar surface area (TPSA) is 84.7 Å². The molecule has 0 aliphatic carbocycles. The van der Waals surface area contributed by atoms with Crippen molar-refractivity contribution in [1.29, 1.82) is 0 Å². The van der Waals surface area contributed by atoms with Crippen LogP contribution >= 0.6 is 0 Å². The summed E-state index contributed by atoms with van der Waals surface area (Å²) in [4.78, 5) is 25.6. The van der Waals surface area contributed by atoms with Crippen molar-refractivity contribution in [1.82, 2.24) is 15.4 Å². The molecule has 0 radical (unpaired) electrons. The normalized spacial score (nSPS) is 13.2. The number of nitrogens with zero attached hydrogens (tertiary/aromatic N) is 2. The van der Waals surface area contributed by atoms with E-state index in [1.807, 2.05) is 24.3 Å². The lowest BCUT2D eigenvalue weighted by molar-refractivity contribution is -0.141. The Bertz CT molecular complexity index is 1020. The predicted octanol–water partition coefficient (Wildman–Crippen LogP) is 3.13. The van der Waals surface area contributed by atoms with Gasteiger partial charge in [0.15, 0.2) is 0 Å². The summed E-state index contributed by atoms with van der Waals surface area (Å²) in [5, 5.41) is 9.12. The van der Waals surface area contributed by atoms with Crippen LogP contribution in [0.4, 0.5) is 4.79 Å². The fraction of sp³-hybridized carbons (Fsp3) is 0.286. The van der Waals surface area contributed by atoms with Gasteiger partial charge in [0.25, 0.3) is 0 Å². The van der Waals surface area contributed by atoms with Gasteiger partial charge < -0.3 is 19.5 Å². The molecule has 2 heterocycles. The van der Waals surface area contributed by atoms with Crippen molar-refractivity contribution in [3.8, 4) is 11.3 Å². The van der Waals surface area contributed by atoms with Crippen LogP contribution in [0.3, 0.4) is 0 Å². The van der Waals surface area contributed by atoms with Gasteiger partial charge in [-0.1, -0.05) is 47.6 Å². The molecule has 144 valence electrons. The Hall–Kier alpha value is -3.35. The number of carbonyl (C=O) groups excluding carboxylic acids is 2. The summed E-state index contributed by atoms with van der Waals surface area (Å²) in [6, 6.07) is 13.9. The monoisotopic (exact) mass is 379 g/mol. The second-order valence-corrected chi connectivity index (χ2v) is 6.59. The molecule has 1 aliphatic rings. The Morgan fingerprint density at radius 3 is 2.89 bits per heavy atom. The van der Waals surface area contributed by atoms with Gasteiger partial charge in [-0.3, -0.25) is 4.79 Å². The zero-order valence-electron chi connectivity index (χ0n) is 15.6. The molecule has 2 amide bonds. The highest BCUT2D eigenvalue weighted by atomic mass is 16.5. The Morgan fingerprint density at radius 1 is 1.21 bits per heavy atom. The maximum atomic E-state index is 12.5. The molecule has 4 rings (SSSR count). The molecule has 0 fully saturated rings. The van der Waals surface area contributed by atoms with E-state index in [9.17, 15) is 9.59 Å². The van der Waals surface area contributed by atoms with Crippen LogP contribution in [-0.2, 0) is 22.5 Å². The molecule has 7 nitrogen and oxygen atoms in total. The molecule has 0 saturated carbocycles. The van der Waals surface area contributed by atoms with Crippen molar-refractivity contribution < 1.29 is 18.8 Å². The number of fused-ring (bicyclic) bond motifs is 2. The lowest BCUT2D eigenvalue weighted by Crippen LogP contribution is -2.44. The molecule has 0 bridgehead atoms. The number of carbonyl (C=O) groups is 2. The Labute approximate surface area is 162 Å². The smallest absolute Gasteiger partial charge is 0.325 e. The number of benzene rings is 2. The zero-order valence-corrected chi connectivity index (χ0v) is 15.6. The first-order valence-corrected chi connectivity index (χ1v) is 9.31. The summed E-state index contributed by atoms with van der Waals surface area (Å²) in [6.07, 6.45) is 0.583. The van der Waals surface area contributed by atoms with Crippen LogP contribution in [0.5, 0.6) is 0 Å². The van der Waals surface area contributed by atoms with Crippen LogP contribution in [0, 0.1) is 0 Å². The number of urea groups is 1. The minimum atomic E-state index is -0.449. The van der Waals surface area contributed by atoms with E-state index in [1.165, 1.54) is 0 Å². The van der Waals surface area contributed by atoms with E-state index in [0.29, 0.717) is 19.5 Å². The number of hydrogen-bond acceptors (Lipinski definition) is 5. The first-order chi connectivity index (χ1) is 13.7. The standard InChI is InChI=1S/C21H21N3O4/c1-2-27-19(25)12-22-21(26)24-11-10-18-17(13-24)20(23-28-18)16-9-5-7-14-6-3-4-8-15(14)16/h3-9H,2,10-13H2,1H3,(H,22,26). The van der Waals surface area contributed by atoms with E-state index in [0.717, 1.165) is 33.4 Å². The van der Waals surface area contributed by atoms with Crippen LogP contribution in [0.15, 0.2) is 47.0 Å². The zero-order chi connectivity index (χ0) is 19.5. The van der Waals surface area contributed by atoms with Crippen molar-refractivity contribution in [3.05, 3.63) is 53.8 Å². The fourth-order valence-corrected chi connectivity index (χ4v) is 3.50. The van der Waals surface area contributed by atoms with Gasteiger partial charge in [-0.05, 0) is 17.7 Å². The van der Waals surface area contributed by atoms with Crippen molar-refractivity contribution in [2.24, 2.45) is 0 Å². The van der Waals surface area contributed by atoms with Crippen LogP contribution in [0.1, 0.15) is 18.2 Å². The molecule has 1 aliphatic heterocycles. The number of nitrogens with one attached hydrogen (secondary N) is 1. The summed E-state index contributed by atoms with van der Waals surface area (Å²) < 4.78 is 10.4. The number of amides is 2. The van der Waals surface area contributed by atoms with Gasteiger partial charge in [-0.15, -0.1) is 0 Å². The van der Waals surface area contributed by atoms with E-state index >= 15 is 0 Å². The minimum Gasteiger partial charge on any atom is -0.465 e. The first-order valence-electron chi connectivity index (χ1n) is 9.31. The van der Waals surface area contributed by atoms with Crippen molar-refractivity contribution in [2.45, 2.75) is 19.9 Å². The Kier molecular flexibility index (Phi) is 4.97. The maximum Gasteiger partial charge on any atom is 0.325 e. The summed E-state index contributed by atoms with van der Waals surface area (Å²) >= 11 is 0. The van der Waals surface area contributed by atoms with Gasteiger partial charge in [0.1, 0.15) is 18.0 Å². The summed E-state index contributed by atoms with van der Waals surface area (Å²) in [5.41, 5.74) is 2.65. The van der Waals surface area contributed by atoms with E-state index in [4.69, 9.17) is 9.26 Å². The molecule has 0 spiro atoms. The van der Waals surface area contributed by atoms with Gasteiger partial charge in [-0.2, -0.15) is 0 Å². The highest BCUT2D eigenvalue weighted by Crippen LogP contribution is 2.34. The largest absolute Gasteiger partial charge is 0.465 e. The second kappa shape index (κ2) is 7.72. The summed E-state index contributed by atoms with van der Waals surface area (Å²) in [5.74, 6) is 0.354. The average Bonchev–Trinajstić information content (AvgIpc) is 3.15. The van der Waals surface area contributed by atoms with Gasteiger partial charge in [0.2, 0.25) is 0 Å². The minimum absolute atomic E-state index is 0.143. The fourth-order valence-electron chi connectivity index (χ4n) is 3.50. The number of esters is 1. The third-order valence-corrected chi connectivity index (χ3v) is 4.85. The highest BCUT2D eigenvalue weighted by molar-refractivity contribution is 5.96. The molecule has 3 aromatic rings. The Morgan fingerprint density at radius 2 is 2.04 bits per heavy atom. The molecule has 1 N–H and O–H groups in total. The first kappa shape index (κ1) is 18.0. The molecule has 0 saturated heterocycles. The van der Waals surface area contributed by atoms with Crippen molar-refractivity contribution >= 4 is 22.8 Å². The summed E-state index contributed by atoms with van der Waals surface area (Å²) in [7, 11) is 0. The molecule has 1 aromatic heterocycles. The average molecular weight is 379 g/mol. The quantitative estimate of drug-likeness (QED) is 0.704. The number of hydrogen-bond donors (Lipinski definition) is 1. The van der Waals surface area contributed by atoms with Crippen LogP contribution in [-0.4, -0.2) is 41.8 Å². The molecule has 0 unspecified atom stereocenters. The van der Waals surface area contributed by atoms with Crippen LogP contribution in [0.25, 0.3) is 22.0 Å². The van der Waals surface area contributed by atoms with Crippen LogP contribution < -0.4 is 5.32 Å². The van der Waals surface area contributed by atoms with E-state index in [2.05, 4.69) is 28.7 Å². The third kappa shape index (κ3) is 3.43. The molecule has 7 heteroatoms. The number of aromatic nitrogens is 1. The van der Waals surface area contributed by atoms with Crippen LogP contribution in [0.2, 0.25) is 0 Å². The van der Waals surface area contributed by atoms with Gasteiger partial charge in [0.05, 0.1) is 13.2 Å². The van der Waals surface area contributed by atoms with Gasteiger partial charge in [0, 0.05) is 24.1 Å². The third-order valence-electron chi connectivity index (χ3n) is 4.85. The second-order valence-electron chi connectivity index (χ2n) is 6.59. The molecule has 28 heavy (non-hydrogen) atoms. The van der Waals surface area contributed by atoms with E-state index in [1.54, 1.807) is 11.8 Å². The molecule has 2 aromatic carbocycles. The van der Waals surface area contributed by atoms with E-state index in [-0.39, 0.29) is 19.2 Å². The SMILES string of the molecule is CCOC(=O)CNC(=O)N1CCc2onc(-c3cccc4ccccc34)c2C1. The van der Waals surface area contributed by atoms with Gasteiger partial charge >= 0.3 is 12.0 Å². The predicted molar refractivity (Wildman–Crippen MR) is 104 cm³/mol. The van der Waals surface area contributed by atoms with Gasteiger partial charge in [-0.25, -0.2) is 4.79 Å². The number of ether oxygens (including phenoxy) is 1. The van der Waals surface area contributed by atoms with E-state index < -0.39 is 5.97 Å².